The number of rotatable bonds is 4. The zero-order valence-corrected chi connectivity index (χ0v) is 20.1. The monoisotopic (exact) mass is 474 g/mol. The fourth-order valence-corrected chi connectivity index (χ4v) is 6.45. The number of nitrogens with two attached hydrogens (primary N) is 1. The van der Waals surface area contributed by atoms with E-state index in [1.54, 1.807) is 17.4 Å². The van der Waals surface area contributed by atoms with Gasteiger partial charge >= 0.3 is 0 Å². The summed E-state index contributed by atoms with van der Waals surface area (Å²) in [7, 11) is 0. The first-order chi connectivity index (χ1) is 15.9. The number of fused-ring (bicyclic) bond motifs is 1. The highest BCUT2D eigenvalue weighted by Gasteiger charge is 2.54. The van der Waals surface area contributed by atoms with Crippen LogP contribution in [0.25, 0.3) is 0 Å². The fraction of sp³-hybridized carbons (Fsp3) is 0.346. The minimum Gasteiger partial charge on any atom is -0.489 e. The maximum absolute atomic E-state index is 10.2. The van der Waals surface area contributed by atoms with Gasteiger partial charge in [0.1, 0.15) is 18.4 Å². The molecule has 0 unspecified atom stereocenters. The number of nitrogens with zero attached hydrogens (tertiary/aromatic N) is 3. The Bertz CT molecular complexity index is 1290. The van der Waals surface area contributed by atoms with Crippen LogP contribution >= 0.6 is 22.9 Å². The normalized spacial score (nSPS) is 21.3. The van der Waals surface area contributed by atoms with Crippen molar-refractivity contribution in [3.63, 3.8) is 0 Å². The summed E-state index contributed by atoms with van der Waals surface area (Å²) in [5.74, 6) is 0.243. The van der Waals surface area contributed by atoms with Crippen molar-refractivity contribution >= 4 is 22.9 Å². The van der Waals surface area contributed by atoms with Gasteiger partial charge in [-0.25, -0.2) is 0 Å². The lowest BCUT2D eigenvalue weighted by Crippen LogP contribution is -2.42. The SMILES string of the molecule is Cc1cc(Cl)ccc1OCc1cc([C@H]2[C@H]3CCCC=C3C(C#N)=C(N)C2(C#N)C#N)sc1C. The number of allylic oxidation sites excluding steroid dienone is 4. The molecule has 5 nitrogen and oxygen atoms in total. The molecule has 0 saturated heterocycles. The van der Waals surface area contributed by atoms with E-state index in [4.69, 9.17) is 22.1 Å². The maximum Gasteiger partial charge on any atom is 0.192 e. The molecule has 166 valence electrons. The van der Waals surface area contributed by atoms with Crippen molar-refractivity contribution in [2.24, 2.45) is 17.1 Å². The van der Waals surface area contributed by atoms with E-state index in [9.17, 15) is 15.8 Å². The van der Waals surface area contributed by atoms with E-state index >= 15 is 0 Å². The van der Waals surface area contributed by atoms with Crippen molar-refractivity contribution in [3.8, 4) is 24.0 Å². The number of halogens is 1. The minimum absolute atomic E-state index is 0.0741. The molecule has 0 amide bonds. The van der Waals surface area contributed by atoms with Crippen molar-refractivity contribution in [3.05, 3.63) is 73.1 Å². The van der Waals surface area contributed by atoms with Gasteiger partial charge in [0.2, 0.25) is 0 Å². The van der Waals surface area contributed by atoms with Crippen molar-refractivity contribution in [2.75, 3.05) is 0 Å². The lowest BCUT2D eigenvalue weighted by atomic mass is 9.58. The minimum atomic E-state index is -1.58. The molecule has 0 saturated carbocycles. The smallest absolute Gasteiger partial charge is 0.192 e. The molecule has 7 heteroatoms. The van der Waals surface area contributed by atoms with Gasteiger partial charge in [0, 0.05) is 26.3 Å². The van der Waals surface area contributed by atoms with Crippen molar-refractivity contribution in [2.45, 2.75) is 45.6 Å². The molecule has 0 fully saturated rings. The van der Waals surface area contributed by atoms with Crippen LogP contribution in [0.15, 0.2) is 47.2 Å². The summed E-state index contributed by atoms with van der Waals surface area (Å²) in [6.07, 6.45) is 4.68. The number of aryl methyl sites for hydroxylation is 2. The Labute approximate surface area is 203 Å². The maximum atomic E-state index is 10.2. The van der Waals surface area contributed by atoms with Crippen molar-refractivity contribution < 1.29 is 4.74 Å². The molecular formula is C26H23ClN4OS. The summed E-state index contributed by atoms with van der Waals surface area (Å²) in [4.78, 5) is 2.00. The Kier molecular flexibility index (Phi) is 6.22. The molecule has 2 aliphatic rings. The van der Waals surface area contributed by atoms with Gasteiger partial charge in [0.05, 0.1) is 23.4 Å². The molecule has 1 aromatic carbocycles. The Balaban J connectivity index is 1.75. The van der Waals surface area contributed by atoms with E-state index in [1.165, 1.54) is 0 Å². The van der Waals surface area contributed by atoms with Crippen LogP contribution in [0.1, 0.15) is 46.1 Å². The predicted octanol–water partition coefficient (Wildman–Crippen LogP) is 6.19. The standard InChI is InChI=1S/C26H23ClN4OS/c1-15-9-18(27)7-8-22(15)32-12-17-10-23(33-16(17)2)24-20-6-4-3-5-19(20)21(11-28)25(31)26(24,13-29)14-30/h5,7-10,20,24H,3-4,6,12,31H2,1-2H3/t20-,24+/m0/s1. The molecule has 0 bridgehead atoms. The van der Waals surface area contributed by atoms with Gasteiger partial charge in [0.25, 0.3) is 0 Å². The molecule has 4 rings (SSSR count). The number of nitriles is 3. The molecule has 0 radical (unpaired) electrons. The van der Waals surface area contributed by atoms with Crippen LogP contribution in [-0.2, 0) is 6.61 Å². The van der Waals surface area contributed by atoms with Gasteiger partial charge in [-0.3, -0.25) is 0 Å². The zero-order chi connectivity index (χ0) is 23.8. The van der Waals surface area contributed by atoms with Crippen LogP contribution in [-0.4, -0.2) is 0 Å². The molecule has 2 aromatic rings. The summed E-state index contributed by atoms with van der Waals surface area (Å²) in [5.41, 5.74) is 8.01. The number of benzene rings is 1. The fourth-order valence-electron chi connectivity index (χ4n) is 4.95. The van der Waals surface area contributed by atoms with Gasteiger partial charge < -0.3 is 10.5 Å². The van der Waals surface area contributed by atoms with Crippen LogP contribution < -0.4 is 10.5 Å². The predicted molar refractivity (Wildman–Crippen MR) is 128 cm³/mol. The Morgan fingerprint density at radius 2 is 1.97 bits per heavy atom. The van der Waals surface area contributed by atoms with Crippen LogP contribution in [0.3, 0.4) is 0 Å². The largest absolute Gasteiger partial charge is 0.489 e. The Morgan fingerprint density at radius 3 is 2.64 bits per heavy atom. The number of hydrogen-bond donors (Lipinski definition) is 1. The third-order valence-corrected chi connectivity index (χ3v) is 8.08. The average Bonchev–Trinajstić information content (AvgIpc) is 3.17. The summed E-state index contributed by atoms with van der Waals surface area (Å²) >= 11 is 7.62. The molecule has 33 heavy (non-hydrogen) atoms. The molecule has 2 aliphatic carbocycles. The number of thiophene rings is 1. The van der Waals surface area contributed by atoms with Crippen LogP contribution in [0.5, 0.6) is 5.75 Å². The van der Waals surface area contributed by atoms with E-state index in [-0.39, 0.29) is 11.6 Å². The first-order valence-corrected chi connectivity index (χ1v) is 12.0. The van der Waals surface area contributed by atoms with Gasteiger partial charge in [0.15, 0.2) is 5.41 Å². The quantitative estimate of drug-likeness (QED) is 0.568. The second-order valence-electron chi connectivity index (χ2n) is 8.54. The van der Waals surface area contributed by atoms with E-state index in [0.717, 1.165) is 51.5 Å². The van der Waals surface area contributed by atoms with Crippen LogP contribution in [0, 0.1) is 59.2 Å². The van der Waals surface area contributed by atoms with Gasteiger partial charge in [-0.1, -0.05) is 17.7 Å². The average molecular weight is 475 g/mol. The summed E-state index contributed by atoms with van der Waals surface area (Å²) in [5, 5.41) is 30.8. The molecular weight excluding hydrogens is 452 g/mol. The summed E-state index contributed by atoms with van der Waals surface area (Å²) < 4.78 is 6.06. The molecule has 0 spiro atoms. The van der Waals surface area contributed by atoms with Crippen LogP contribution in [0.2, 0.25) is 5.02 Å². The molecule has 2 N–H and O–H groups in total. The lowest BCUT2D eigenvalue weighted by Gasteiger charge is -2.42. The second kappa shape index (κ2) is 8.95. The zero-order valence-electron chi connectivity index (χ0n) is 18.5. The first kappa shape index (κ1) is 22.9. The highest BCUT2D eigenvalue weighted by molar-refractivity contribution is 7.12. The van der Waals surface area contributed by atoms with E-state index in [2.05, 4.69) is 24.3 Å². The number of ether oxygens (including phenoxy) is 1. The Hall–Kier alpha value is -3.24. The molecule has 1 aromatic heterocycles. The van der Waals surface area contributed by atoms with Gasteiger partial charge in [-0.15, -0.1) is 11.3 Å². The molecule has 0 aliphatic heterocycles. The highest BCUT2D eigenvalue weighted by atomic mass is 35.5. The summed E-state index contributed by atoms with van der Waals surface area (Å²) in [6.45, 7) is 4.33. The lowest BCUT2D eigenvalue weighted by molar-refractivity contribution is 0.302. The van der Waals surface area contributed by atoms with E-state index in [1.807, 2.05) is 32.0 Å². The van der Waals surface area contributed by atoms with Gasteiger partial charge in [-0.05, 0) is 74.4 Å². The summed E-state index contributed by atoms with van der Waals surface area (Å²) in [6, 6.07) is 14.1. The number of hydrogen-bond acceptors (Lipinski definition) is 6. The van der Waals surface area contributed by atoms with Gasteiger partial charge in [-0.2, -0.15) is 15.8 Å². The topological polar surface area (TPSA) is 107 Å². The van der Waals surface area contributed by atoms with Crippen molar-refractivity contribution in [1.29, 1.82) is 15.8 Å². The first-order valence-electron chi connectivity index (χ1n) is 10.8. The van der Waals surface area contributed by atoms with E-state index < -0.39 is 11.3 Å². The molecule has 1 heterocycles. The third kappa shape index (κ3) is 3.79. The Morgan fingerprint density at radius 1 is 1.21 bits per heavy atom. The highest BCUT2D eigenvalue weighted by Crippen LogP contribution is 2.57. The van der Waals surface area contributed by atoms with Crippen LogP contribution in [0.4, 0.5) is 0 Å². The van der Waals surface area contributed by atoms with Crippen molar-refractivity contribution in [1.82, 2.24) is 0 Å². The third-order valence-electron chi connectivity index (χ3n) is 6.67. The molecule has 2 atom stereocenters. The second-order valence-corrected chi connectivity index (χ2v) is 10.3. The van der Waals surface area contributed by atoms with E-state index in [0.29, 0.717) is 17.2 Å².